The average molecular weight is 280 g/mol. The highest BCUT2D eigenvalue weighted by Gasteiger charge is 2.14. The van der Waals surface area contributed by atoms with Gasteiger partial charge < -0.3 is 10.0 Å². The summed E-state index contributed by atoms with van der Waals surface area (Å²) in [5.41, 5.74) is 0.960. The van der Waals surface area contributed by atoms with Crippen molar-refractivity contribution in [3.8, 4) is 0 Å². The molecule has 1 rings (SSSR count). The van der Waals surface area contributed by atoms with Crippen LogP contribution in [0.3, 0.4) is 0 Å². The normalized spacial score (nSPS) is 10.6. The second-order valence-corrected chi connectivity index (χ2v) is 4.84. The zero-order valence-electron chi connectivity index (χ0n) is 10.9. The lowest BCUT2D eigenvalue weighted by Crippen LogP contribution is -2.29. The Bertz CT molecular complexity index is 489. The molecule has 19 heavy (non-hydrogen) atoms. The van der Waals surface area contributed by atoms with Crippen LogP contribution in [-0.2, 0) is 4.79 Å². The quantitative estimate of drug-likeness (QED) is 0.802. The summed E-state index contributed by atoms with van der Waals surface area (Å²) in [5, 5.41) is 8.62. The van der Waals surface area contributed by atoms with Gasteiger partial charge in [-0.05, 0) is 18.4 Å². The molecular weight excluding hydrogens is 264 g/mol. The Balaban J connectivity index is 2.93. The second kappa shape index (κ2) is 7.58. The van der Waals surface area contributed by atoms with Gasteiger partial charge in [0.25, 0.3) is 5.91 Å². The van der Waals surface area contributed by atoms with Crippen molar-refractivity contribution in [1.82, 2.24) is 9.88 Å². The Morgan fingerprint density at radius 1 is 1.53 bits per heavy atom. The molecule has 0 bridgehead atoms. The number of carboxylic acid groups (broad SMARTS) is 1. The number of pyridine rings is 1. The molecule has 0 atom stereocenters. The molecule has 0 saturated carbocycles. The standard InChI is InChI=1S/C13H16N2O3S/c1-15(7-8-19-2)13(18)11-5-6-14-9-10(11)3-4-12(16)17/h3-6,9H,7-8H2,1-2H3,(H,16,17)/b4-3+. The second-order valence-electron chi connectivity index (χ2n) is 3.85. The van der Waals surface area contributed by atoms with E-state index in [0.717, 1.165) is 11.8 Å². The summed E-state index contributed by atoms with van der Waals surface area (Å²) in [4.78, 5) is 28.3. The summed E-state index contributed by atoms with van der Waals surface area (Å²) < 4.78 is 0. The van der Waals surface area contributed by atoms with Crippen molar-refractivity contribution >= 4 is 29.7 Å². The number of hydrogen-bond donors (Lipinski definition) is 1. The van der Waals surface area contributed by atoms with E-state index >= 15 is 0 Å². The van der Waals surface area contributed by atoms with Crippen molar-refractivity contribution in [2.24, 2.45) is 0 Å². The maximum Gasteiger partial charge on any atom is 0.328 e. The minimum Gasteiger partial charge on any atom is -0.478 e. The Morgan fingerprint density at radius 3 is 2.89 bits per heavy atom. The van der Waals surface area contributed by atoms with E-state index in [1.807, 2.05) is 6.26 Å². The maximum absolute atomic E-state index is 12.2. The third kappa shape index (κ3) is 4.75. The summed E-state index contributed by atoms with van der Waals surface area (Å²) >= 11 is 1.66. The molecule has 0 aliphatic carbocycles. The third-order valence-electron chi connectivity index (χ3n) is 2.47. The van der Waals surface area contributed by atoms with Gasteiger partial charge in [-0.15, -0.1) is 0 Å². The van der Waals surface area contributed by atoms with Crippen molar-refractivity contribution in [2.45, 2.75) is 0 Å². The number of aromatic nitrogens is 1. The lowest BCUT2D eigenvalue weighted by molar-refractivity contribution is -0.131. The van der Waals surface area contributed by atoms with E-state index in [1.165, 1.54) is 18.5 Å². The monoisotopic (exact) mass is 280 g/mol. The Morgan fingerprint density at radius 2 is 2.26 bits per heavy atom. The third-order valence-corrected chi connectivity index (χ3v) is 3.06. The molecule has 6 heteroatoms. The van der Waals surface area contributed by atoms with E-state index in [4.69, 9.17) is 5.11 Å². The van der Waals surface area contributed by atoms with Crippen LogP contribution in [-0.4, -0.2) is 52.5 Å². The summed E-state index contributed by atoms with van der Waals surface area (Å²) in [5.74, 6) is -0.340. The molecule has 0 fully saturated rings. The first-order valence-corrected chi connectivity index (χ1v) is 7.05. The lowest BCUT2D eigenvalue weighted by atomic mass is 10.1. The van der Waals surface area contributed by atoms with Gasteiger partial charge in [0.05, 0.1) is 0 Å². The average Bonchev–Trinajstić information content (AvgIpc) is 2.42. The van der Waals surface area contributed by atoms with Crippen LogP contribution in [0.2, 0.25) is 0 Å². The van der Waals surface area contributed by atoms with Gasteiger partial charge in [0.1, 0.15) is 0 Å². The molecule has 0 aliphatic heterocycles. The van der Waals surface area contributed by atoms with Gasteiger partial charge in [-0.3, -0.25) is 9.78 Å². The minimum absolute atomic E-state index is 0.138. The molecule has 0 aromatic carbocycles. The fourth-order valence-corrected chi connectivity index (χ4v) is 1.89. The number of carboxylic acids is 1. The molecule has 0 spiro atoms. The number of thioether (sulfide) groups is 1. The highest BCUT2D eigenvalue weighted by atomic mass is 32.2. The van der Waals surface area contributed by atoms with Crippen molar-refractivity contribution in [1.29, 1.82) is 0 Å². The molecule has 1 aromatic heterocycles. The molecule has 1 aromatic rings. The van der Waals surface area contributed by atoms with Gasteiger partial charge in [0, 0.05) is 48.9 Å². The van der Waals surface area contributed by atoms with Crippen molar-refractivity contribution in [3.63, 3.8) is 0 Å². The number of carbonyl (C=O) groups is 2. The van der Waals surface area contributed by atoms with E-state index in [9.17, 15) is 9.59 Å². The molecule has 1 heterocycles. The fraction of sp³-hybridized carbons (Fsp3) is 0.308. The molecule has 1 amide bonds. The lowest BCUT2D eigenvalue weighted by Gasteiger charge is -2.17. The fourth-order valence-electron chi connectivity index (χ4n) is 1.43. The summed E-state index contributed by atoms with van der Waals surface area (Å²) in [7, 11) is 1.73. The number of rotatable bonds is 6. The molecule has 1 N–H and O–H groups in total. The first kappa shape index (κ1) is 15.2. The predicted molar refractivity (Wildman–Crippen MR) is 76.2 cm³/mol. The van der Waals surface area contributed by atoms with Gasteiger partial charge in [-0.25, -0.2) is 4.79 Å². The molecule has 0 saturated heterocycles. The van der Waals surface area contributed by atoms with Gasteiger partial charge in [0.15, 0.2) is 0 Å². The minimum atomic E-state index is -1.06. The van der Waals surface area contributed by atoms with Crippen LogP contribution in [0.4, 0.5) is 0 Å². The van der Waals surface area contributed by atoms with E-state index in [2.05, 4.69) is 4.98 Å². The van der Waals surface area contributed by atoms with Crippen LogP contribution in [0.5, 0.6) is 0 Å². The van der Waals surface area contributed by atoms with Gasteiger partial charge in [0.2, 0.25) is 0 Å². The molecular formula is C13H16N2O3S. The van der Waals surface area contributed by atoms with E-state index in [-0.39, 0.29) is 5.91 Å². The first-order chi connectivity index (χ1) is 9.06. The number of hydrogen-bond acceptors (Lipinski definition) is 4. The summed E-state index contributed by atoms with van der Waals surface area (Å²) in [6.45, 7) is 0.643. The van der Waals surface area contributed by atoms with Gasteiger partial charge in [-0.1, -0.05) is 0 Å². The molecule has 0 aliphatic rings. The van der Waals surface area contributed by atoms with Gasteiger partial charge >= 0.3 is 5.97 Å². The summed E-state index contributed by atoms with van der Waals surface area (Å²) in [6.07, 6.45) is 7.36. The highest BCUT2D eigenvalue weighted by molar-refractivity contribution is 7.98. The van der Waals surface area contributed by atoms with Crippen LogP contribution in [0, 0.1) is 0 Å². The van der Waals surface area contributed by atoms with E-state index < -0.39 is 5.97 Å². The largest absolute Gasteiger partial charge is 0.478 e. The smallest absolute Gasteiger partial charge is 0.328 e. The zero-order valence-corrected chi connectivity index (χ0v) is 11.7. The number of amides is 1. The number of nitrogens with zero attached hydrogens (tertiary/aromatic N) is 2. The van der Waals surface area contributed by atoms with Crippen molar-refractivity contribution < 1.29 is 14.7 Å². The van der Waals surface area contributed by atoms with Crippen LogP contribution < -0.4 is 0 Å². The van der Waals surface area contributed by atoms with Crippen LogP contribution in [0.15, 0.2) is 24.5 Å². The summed E-state index contributed by atoms with van der Waals surface area (Å²) in [6, 6.07) is 1.60. The van der Waals surface area contributed by atoms with Gasteiger partial charge in [-0.2, -0.15) is 11.8 Å². The topological polar surface area (TPSA) is 70.5 Å². The molecule has 5 nitrogen and oxygen atoms in total. The zero-order chi connectivity index (χ0) is 14.3. The van der Waals surface area contributed by atoms with Crippen LogP contribution >= 0.6 is 11.8 Å². The Hall–Kier alpha value is -1.82. The van der Waals surface area contributed by atoms with E-state index in [0.29, 0.717) is 17.7 Å². The predicted octanol–water partition coefficient (Wildman–Crippen LogP) is 1.61. The Labute approximate surface area is 116 Å². The highest BCUT2D eigenvalue weighted by Crippen LogP contribution is 2.12. The molecule has 102 valence electrons. The SMILES string of the molecule is CSCCN(C)C(=O)c1ccncc1/C=C/C(=O)O. The first-order valence-electron chi connectivity index (χ1n) is 5.65. The van der Waals surface area contributed by atoms with Crippen molar-refractivity contribution in [2.75, 3.05) is 25.6 Å². The van der Waals surface area contributed by atoms with Crippen LogP contribution in [0.25, 0.3) is 6.08 Å². The van der Waals surface area contributed by atoms with E-state index in [1.54, 1.807) is 29.8 Å². The van der Waals surface area contributed by atoms with Crippen molar-refractivity contribution in [3.05, 3.63) is 35.7 Å². The van der Waals surface area contributed by atoms with Crippen LogP contribution in [0.1, 0.15) is 15.9 Å². The number of aliphatic carboxylic acids is 1. The molecule has 0 unspecified atom stereocenters. The molecule has 0 radical (unpaired) electrons. The maximum atomic E-state index is 12.2. The Kier molecular flexibility index (Phi) is 6.08. The number of carbonyl (C=O) groups excluding carboxylic acids is 1.